The maximum atomic E-state index is 11.4. The summed E-state index contributed by atoms with van der Waals surface area (Å²) in [5, 5.41) is 1.44. The molecule has 2 fully saturated rings. The first-order chi connectivity index (χ1) is 11.1. The van der Waals surface area contributed by atoms with Crippen molar-refractivity contribution in [3.05, 3.63) is 23.7 Å². The van der Waals surface area contributed by atoms with E-state index < -0.39 is 0 Å². The molecule has 2 aromatic rings. The Balaban J connectivity index is 1.40. The molecule has 2 aromatic heterocycles. The molecule has 0 atom stereocenters. The van der Waals surface area contributed by atoms with Gasteiger partial charge in [0, 0.05) is 51.4 Å². The van der Waals surface area contributed by atoms with E-state index in [2.05, 4.69) is 25.6 Å². The number of carbonyl (C=O) groups excluding carboxylic acids is 1. The number of aromatic nitrogens is 3. The lowest BCUT2D eigenvalue weighted by molar-refractivity contribution is -0.131. The predicted molar refractivity (Wildman–Crippen MR) is 88.4 cm³/mol. The van der Waals surface area contributed by atoms with Gasteiger partial charge >= 0.3 is 0 Å². The molecule has 0 spiro atoms. The molecule has 122 valence electrons. The van der Waals surface area contributed by atoms with Crippen LogP contribution >= 0.6 is 11.6 Å². The van der Waals surface area contributed by atoms with Gasteiger partial charge in [0.1, 0.15) is 17.1 Å². The highest BCUT2D eigenvalue weighted by atomic mass is 35.5. The summed E-state index contributed by atoms with van der Waals surface area (Å²) in [6, 6.07) is 3.09. The van der Waals surface area contributed by atoms with Gasteiger partial charge in [0.05, 0.1) is 5.39 Å². The summed E-state index contributed by atoms with van der Waals surface area (Å²) in [7, 11) is 0. The molecular formula is C16H20ClN5O. The highest BCUT2D eigenvalue weighted by molar-refractivity contribution is 6.33. The third-order valence-corrected chi connectivity index (χ3v) is 5.52. The maximum absolute atomic E-state index is 11.4. The Labute approximate surface area is 140 Å². The molecule has 0 unspecified atom stereocenters. The van der Waals surface area contributed by atoms with Crippen LogP contribution in [-0.2, 0) is 4.79 Å². The summed E-state index contributed by atoms with van der Waals surface area (Å²) in [5.74, 6) is 0.187. The van der Waals surface area contributed by atoms with Crippen LogP contribution in [0.2, 0.25) is 5.15 Å². The minimum atomic E-state index is 0.187. The van der Waals surface area contributed by atoms with Crippen molar-refractivity contribution >= 4 is 28.5 Å². The number of halogens is 1. The van der Waals surface area contributed by atoms with Crippen LogP contribution in [0.15, 0.2) is 18.6 Å². The van der Waals surface area contributed by atoms with Gasteiger partial charge in [-0.1, -0.05) is 11.6 Å². The van der Waals surface area contributed by atoms with Gasteiger partial charge in [0.15, 0.2) is 0 Å². The number of carbonyl (C=O) groups is 1. The molecule has 0 bridgehead atoms. The van der Waals surface area contributed by atoms with E-state index >= 15 is 0 Å². The van der Waals surface area contributed by atoms with Crippen LogP contribution in [0.5, 0.6) is 0 Å². The van der Waals surface area contributed by atoms with Crippen LogP contribution in [0, 0.1) is 0 Å². The van der Waals surface area contributed by atoms with E-state index in [1.54, 1.807) is 6.92 Å². The lowest BCUT2D eigenvalue weighted by Crippen LogP contribution is -2.54. The highest BCUT2D eigenvalue weighted by Crippen LogP contribution is 2.38. The summed E-state index contributed by atoms with van der Waals surface area (Å²) in [6.07, 6.45) is 5.86. The van der Waals surface area contributed by atoms with Gasteiger partial charge in [-0.2, -0.15) is 0 Å². The van der Waals surface area contributed by atoms with E-state index in [4.69, 9.17) is 11.6 Å². The molecular weight excluding hydrogens is 314 g/mol. The van der Waals surface area contributed by atoms with Gasteiger partial charge in [0.25, 0.3) is 0 Å². The second kappa shape index (κ2) is 5.76. The summed E-state index contributed by atoms with van der Waals surface area (Å²) in [5.41, 5.74) is 0.926. The van der Waals surface area contributed by atoms with E-state index in [0.29, 0.717) is 17.2 Å². The summed E-state index contributed by atoms with van der Waals surface area (Å²) in [6.45, 7) is 5.32. The molecule has 3 heterocycles. The lowest BCUT2D eigenvalue weighted by Gasteiger charge is -2.46. The zero-order valence-electron chi connectivity index (χ0n) is 13.2. The normalized spacial score (nSPS) is 25.6. The number of rotatable bonds is 2. The molecule has 4 rings (SSSR count). The van der Waals surface area contributed by atoms with E-state index in [0.717, 1.165) is 50.1 Å². The second-order valence-corrected chi connectivity index (χ2v) is 6.80. The molecule has 7 heteroatoms. The fourth-order valence-electron chi connectivity index (χ4n) is 3.72. The smallest absolute Gasteiger partial charge is 0.219 e. The average molecular weight is 334 g/mol. The van der Waals surface area contributed by atoms with Crippen molar-refractivity contribution in [2.45, 2.75) is 31.8 Å². The van der Waals surface area contributed by atoms with Gasteiger partial charge in [-0.05, 0) is 18.9 Å². The minimum absolute atomic E-state index is 0.187. The van der Waals surface area contributed by atoms with Crippen molar-refractivity contribution in [2.24, 2.45) is 0 Å². The fraction of sp³-hybridized carbons (Fsp3) is 0.562. The SMILES string of the molecule is CC(=O)N1CCN(C2CC(n3ccc4c(Cl)ncnc43)C2)CC1. The second-order valence-electron chi connectivity index (χ2n) is 6.45. The molecule has 0 aromatic carbocycles. The molecule has 0 N–H and O–H groups in total. The first-order valence-corrected chi connectivity index (χ1v) is 8.48. The van der Waals surface area contributed by atoms with E-state index in [1.165, 1.54) is 6.33 Å². The number of nitrogens with zero attached hydrogens (tertiary/aromatic N) is 5. The van der Waals surface area contributed by atoms with Gasteiger partial charge in [-0.3, -0.25) is 9.69 Å². The van der Waals surface area contributed by atoms with Crippen LogP contribution in [0.3, 0.4) is 0 Å². The zero-order valence-corrected chi connectivity index (χ0v) is 13.9. The van der Waals surface area contributed by atoms with Crippen molar-refractivity contribution in [3.8, 4) is 0 Å². The van der Waals surface area contributed by atoms with Gasteiger partial charge in [-0.15, -0.1) is 0 Å². The van der Waals surface area contributed by atoms with Gasteiger partial charge in [0.2, 0.25) is 5.91 Å². The first kappa shape index (κ1) is 14.9. The Morgan fingerprint density at radius 2 is 1.91 bits per heavy atom. The monoisotopic (exact) mass is 333 g/mol. The zero-order chi connectivity index (χ0) is 16.0. The molecule has 1 saturated heterocycles. The molecule has 6 nitrogen and oxygen atoms in total. The number of fused-ring (bicyclic) bond motifs is 1. The third kappa shape index (κ3) is 2.60. The van der Waals surface area contributed by atoms with Gasteiger partial charge in [-0.25, -0.2) is 9.97 Å². The first-order valence-electron chi connectivity index (χ1n) is 8.10. The van der Waals surface area contributed by atoms with Crippen LogP contribution < -0.4 is 0 Å². The van der Waals surface area contributed by atoms with Crippen molar-refractivity contribution < 1.29 is 4.79 Å². The predicted octanol–water partition coefficient (Wildman–Crippen LogP) is 1.95. The van der Waals surface area contributed by atoms with Crippen molar-refractivity contribution in [2.75, 3.05) is 26.2 Å². The summed E-state index contributed by atoms with van der Waals surface area (Å²) < 4.78 is 2.23. The van der Waals surface area contributed by atoms with Crippen LogP contribution in [0.25, 0.3) is 11.0 Å². The Morgan fingerprint density at radius 3 is 2.61 bits per heavy atom. The molecule has 1 aliphatic heterocycles. The lowest BCUT2D eigenvalue weighted by atomic mass is 9.85. The quantitative estimate of drug-likeness (QED) is 0.788. The van der Waals surface area contributed by atoms with Crippen molar-refractivity contribution in [3.63, 3.8) is 0 Å². The topological polar surface area (TPSA) is 54.3 Å². The van der Waals surface area contributed by atoms with Crippen molar-refractivity contribution in [1.82, 2.24) is 24.3 Å². The Bertz CT molecular complexity index is 731. The molecule has 1 saturated carbocycles. The molecule has 1 amide bonds. The average Bonchev–Trinajstić information content (AvgIpc) is 2.92. The third-order valence-electron chi connectivity index (χ3n) is 5.22. The molecule has 23 heavy (non-hydrogen) atoms. The maximum Gasteiger partial charge on any atom is 0.219 e. The number of piperazine rings is 1. The number of hydrogen-bond acceptors (Lipinski definition) is 4. The van der Waals surface area contributed by atoms with E-state index in [9.17, 15) is 4.79 Å². The van der Waals surface area contributed by atoms with Crippen molar-refractivity contribution in [1.29, 1.82) is 0 Å². The highest BCUT2D eigenvalue weighted by Gasteiger charge is 2.36. The summed E-state index contributed by atoms with van der Waals surface area (Å²) >= 11 is 6.12. The van der Waals surface area contributed by atoms with Crippen LogP contribution in [0.1, 0.15) is 25.8 Å². The number of hydrogen-bond donors (Lipinski definition) is 0. The van der Waals surface area contributed by atoms with Crippen LogP contribution in [-0.4, -0.2) is 62.5 Å². The largest absolute Gasteiger partial charge is 0.340 e. The Morgan fingerprint density at radius 1 is 1.17 bits per heavy atom. The Kier molecular flexibility index (Phi) is 3.73. The molecule has 1 aliphatic carbocycles. The standard InChI is InChI=1S/C16H20ClN5O/c1-11(23)20-4-6-21(7-5-20)12-8-13(9-12)22-3-2-14-15(17)18-10-19-16(14)22/h2-3,10,12-13H,4-9H2,1H3. The van der Waals surface area contributed by atoms with E-state index in [-0.39, 0.29) is 5.91 Å². The summed E-state index contributed by atoms with van der Waals surface area (Å²) in [4.78, 5) is 24.3. The van der Waals surface area contributed by atoms with Crippen LogP contribution in [0.4, 0.5) is 0 Å². The molecule has 0 radical (unpaired) electrons. The number of amides is 1. The Hall–Kier alpha value is -1.66. The minimum Gasteiger partial charge on any atom is -0.340 e. The van der Waals surface area contributed by atoms with E-state index in [1.807, 2.05) is 11.0 Å². The van der Waals surface area contributed by atoms with Gasteiger partial charge < -0.3 is 9.47 Å². The molecule has 2 aliphatic rings. The fourth-order valence-corrected chi connectivity index (χ4v) is 3.91.